The monoisotopic (exact) mass is 356 g/mol. The highest BCUT2D eigenvalue weighted by Gasteiger charge is 2.33. The summed E-state index contributed by atoms with van der Waals surface area (Å²) in [5.74, 6) is 0. The number of sulfonamides is 1. The summed E-state index contributed by atoms with van der Waals surface area (Å²) in [5.41, 5.74) is 0.927. The summed E-state index contributed by atoms with van der Waals surface area (Å²) in [5, 5.41) is 3.31. The van der Waals surface area contributed by atoms with Crippen LogP contribution < -0.4 is 10.0 Å². The van der Waals surface area contributed by atoms with Crippen LogP contribution in [0.1, 0.15) is 18.4 Å². The minimum Gasteiger partial charge on any atom is -0.384 e. The Bertz CT molecular complexity index is 590. The molecular formula is C17H28N2O4S. The number of benzene rings is 1. The van der Waals surface area contributed by atoms with E-state index in [2.05, 4.69) is 10.0 Å². The summed E-state index contributed by atoms with van der Waals surface area (Å²) < 4.78 is 38.3. The molecule has 0 atom stereocenters. The average molecular weight is 356 g/mol. The second kappa shape index (κ2) is 8.92. The zero-order valence-corrected chi connectivity index (χ0v) is 15.3. The Kier molecular flexibility index (Phi) is 7.18. The van der Waals surface area contributed by atoms with Crippen LogP contribution in [0.2, 0.25) is 0 Å². The third-order valence-corrected chi connectivity index (χ3v) is 6.00. The van der Waals surface area contributed by atoms with Gasteiger partial charge in [-0.3, -0.25) is 0 Å². The molecule has 136 valence electrons. The van der Waals surface area contributed by atoms with E-state index in [1.54, 1.807) is 26.4 Å². The minimum absolute atomic E-state index is 0.133. The molecule has 1 heterocycles. The van der Waals surface area contributed by atoms with E-state index in [1.165, 1.54) is 0 Å². The standard InChI is InChI=1S/C17H28N2O4S/c1-22-12-7-15-3-5-16(6-4-15)24(20,21)19-13-17(14-23-2)8-10-18-11-9-17/h3-6,18-19H,7-14H2,1-2H3. The number of hydrogen-bond donors (Lipinski definition) is 2. The van der Waals surface area contributed by atoms with Gasteiger partial charge in [0, 0.05) is 26.2 Å². The van der Waals surface area contributed by atoms with Crippen molar-refractivity contribution >= 4 is 10.0 Å². The van der Waals surface area contributed by atoms with Crippen molar-refractivity contribution in [1.82, 2.24) is 10.0 Å². The summed E-state index contributed by atoms with van der Waals surface area (Å²) in [4.78, 5) is 0.296. The molecule has 0 bridgehead atoms. The first-order valence-corrected chi connectivity index (χ1v) is 9.77. The lowest BCUT2D eigenvalue weighted by Crippen LogP contribution is -2.47. The lowest BCUT2D eigenvalue weighted by molar-refractivity contribution is 0.0577. The Hall–Kier alpha value is -0.990. The minimum atomic E-state index is -3.51. The molecule has 0 aliphatic carbocycles. The van der Waals surface area contributed by atoms with Crippen molar-refractivity contribution in [3.8, 4) is 0 Å². The van der Waals surface area contributed by atoms with Crippen molar-refractivity contribution in [2.75, 3.05) is 47.1 Å². The van der Waals surface area contributed by atoms with Crippen molar-refractivity contribution < 1.29 is 17.9 Å². The van der Waals surface area contributed by atoms with E-state index in [1.807, 2.05) is 12.1 Å². The molecule has 2 rings (SSSR count). The van der Waals surface area contributed by atoms with Gasteiger partial charge in [-0.1, -0.05) is 12.1 Å². The first-order chi connectivity index (χ1) is 11.5. The molecule has 1 fully saturated rings. The van der Waals surface area contributed by atoms with Crippen molar-refractivity contribution in [2.45, 2.75) is 24.2 Å². The lowest BCUT2D eigenvalue weighted by atomic mass is 9.80. The Morgan fingerprint density at radius 2 is 1.79 bits per heavy atom. The first-order valence-electron chi connectivity index (χ1n) is 8.29. The number of piperidine rings is 1. The van der Waals surface area contributed by atoms with E-state index in [0.29, 0.717) is 24.7 Å². The van der Waals surface area contributed by atoms with Gasteiger partial charge in [0.1, 0.15) is 0 Å². The molecule has 6 nitrogen and oxygen atoms in total. The summed E-state index contributed by atoms with van der Waals surface area (Å²) in [6.07, 6.45) is 2.58. The molecule has 7 heteroatoms. The SMILES string of the molecule is COCCc1ccc(S(=O)(=O)NCC2(COC)CCNCC2)cc1. The molecule has 24 heavy (non-hydrogen) atoms. The van der Waals surface area contributed by atoms with E-state index in [9.17, 15) is 8.42 Å². The van der Waals surface area contributed by atoms with Crippen molar-refractivity contribution in [2.24, 2.45) is 5.41 Å². The molecule has 0 saturated carbocycles. The quantitative estimate of drug-likeness (QED) is 0.695. The Morgan fingerprint density at radius 1 is 1.12 bits per heavy atom. The van der Waals surface area contributed by atoms with Crippen LogP contribution in [-0.2, 0) is 25.9 Å². The van der Waals surface area contributed by atoms with Gasteiger partial charge in [0.2, 0.25) is 10.0 Å². The summed E-state index contributed by atoms with van der Waals surface area (Å²) in [7, 11) is -0.195. The highest BCUT2D eigenvalue weighted by Crippen LogP contribution is 2.28. The molecule has 1 aliphatic rings. The van der Waals surface area contributed by atoms with Crippen molar-refractivity contribution in [1.29, 1.82) is 0 Å². The van der Waals surface area contributed by atoms with Gasteiger partial charge in [0.15, 0.2) is 0 Å². The second-order valence-electron chi connectivity index (χ2n) is 6.39. The topological polar surface area (TPSA) is 76.7 Å². The normalized spacial score (nSPS) is 17.8. The van der Waals surface area contributed by atoms with E-state index in [4.69, 9.17) is 9.47 Å². The first kappa shape index (κ1) is 19.3. The highest BCUT2D eigenvalue weighted by atomic mass is 32.2. The Morgan fingerprint density at radius 3 is 2.38 bits per heavy atom. The summed E-state index contributed by atoms with van der Waals surface area (Å²) in [6.45, 7) is 3.36. The molecule has 0 aromatic heterocycles. The molecule has 2 N–H and O–H groups in total. The fourth-order valence-corrected chi connectivity index (χ4v) is 4.18. The molecule has 0 amide bonds. The molecule has 0 unspecified atom stereocenters. The van der Waals surface area contributed by atoms with Crippen LogP contribution >= 0.6 is 0 Å². The highest BCUT2D eigenvalue weighted by molar-refractivity contribution is 7.89. The molecule has 1 saturated heterocycles. The van der Waals surface area contributed by atoms with Gasteiger partial charge in [-0.25, -0.2) is 13.1 Å². The van der Waals surface area contributed by atoms with Crippen LogP contribution in [0, 0.1) is 5.41 Å². The Balaban J connectivity index is 2.01. The van der Waals surface area contributed by atoms with E-state index >= 15 is 0 Å². The summed E-state index contributed by atoms with van der Waals surface area (Å²) in [6, 6.07) is 6.98. The number of ether oxygens (including phenoxy) is 2. The van der Waals surface area contributed by atoms with Crippen molar-refractivity contribution in [3.05, 3.63) is 29.8 Å². The fourth-order valence-electron chi connectivity index (χ4n) is 3.02. The third-order valence-electron chi connectivity index (χ3n) is 4.58. The zero-order chi connectivity index (χ0) is 17.5. The van der Waals surface area contributed by atoms with Gasteiger partial charge in [-0.15, -0.1) is 0 Å². The van der Waals surface area contributed by atoms with Crippen LogP contribution in [0.3, 0.4) is 0 Å². The van der Waals surface area contributed by atoms with Gasteiger partial charge in [0.05, 0.1) is 18.1 Å². The third kappa shape index (κ3) is 5.26. The average Bonchev–Trinajstić information content (AvgIpc) is 2.60. The predicted octanol–water partition coefficient (Wildman–Crippen LogP) is 1.17. The molecule has 1 aromatic rings. The Labute approximate surface area is 145 Å². The van der Waals surface area contributed by atoms with Gasteiger partial charge >= 0.3 is 0 Å². The molecule has 0 spiro atoms. The van der Waals surface area contributed by atoms with Crippen LogP contribution in [0.5, 0.6) is 0 Å². The maximum Gasteiger partial charge on any atom is 0.240 e. The number of methoxy groups -OCH3 is 2. The zero-order valence-electron chi connectivity index (χ0n) is 14.5. The maximum absolute atomic E-state index is 12.6. The largest absolute Gasteiger partial charge is 0.384 e. The number of rotatable bonds is 9. The van der Waals surface area contributed by atoms with Crippen LogP contribution in [-0.4, -0.2) is 55.5 Å². The molecule has 1 aromatic carbocycles. The van der Waals surface area contributed by atoms with Crippen LogP contribution in [0.4, 0.5) is 0 Å². The molecular weight excluding hydrogens is 328 g/mol. The predicted molar refractivity (Wildman–Crippen MR) is 93.6 cm³/mol. The van der Waals surface area contributed by atoms with E-state index in [0.717, 1.165) is 37.9 Å². The number of hydrogen-bond acceptors (Lipinski definition) is 5. The second-order valence-corrected chi connectivity index (χ2v) is 8.16. The van der Waals surface area contributed by atoms with Gasteiger partial charge in [0.25, 0.3) is 0 Å². The van der Waals surface area contributed by atoms with Crippen LogP contribution in [0.15, 0.2) is 29.2 Å². The van der Waals surface area contributed by atoms with E-state index < -0.39 is 10.0 Å². The van der Waals surface area contributed by atoms with Gasteiger partial charge in [-0.05, 0) is 50.0 Å². The smallest absolute Gasteiger partial charge is 0.240 e. The molecule has 0 radical (unpaired) electrons. The van der Waals surface area contributed by atoms with Crippen LogP contribution in [0.25, 0.3) is 0 Å². The van der Waals surface area contributed by atoms with Gasteiger partial charge in [-0.2, -0.15) is 0 Å². The van der Waals surface area contributed by atoms with E-state index in [-0.39, 0.29) is 5.41 Å². The fraction of sp³-hybridized carbons (Fsp3) is 0.647. The lowest BCUT2D eigenvalue weighted by Gasteiger charge is -2.37. The van der Waals surface area contributed by atoms with Gasteiger partial charge < -0.3 is 14.8 Å². The maximum atomic E-state index is 12.6. The molecule has 1 aliphatic heterocycles. The number of nitrogens with one attached hydrogen (secondary N) is 2. The van der Waals surface area contributed by atoms with Crippen molar-refractivity contribution in [3.63, 3.8) is 0 Å². The summed E-state index contributed by atoms with van der Waals surface area (Å²) >= 11 is 0.